The molecule has 1 unspecified atom stereocenters. The highest BCUT2D eigenvalue weighted by Gasteiger charge is 2.33. The van der Waals surface area contributed by atoms with Crippen LogP contribution < -0.4 is 5.32 Å². The van der Waals surface area contributed by atoms with E-state index >= 15 is 0 Å². The number of amidine groups is 1. The Balaban J connectivity index is 1.26. The molecular formula is C23H30N4O3S. The first-order valence-corrected chi connectivity index (χ1v) is 12.1. The van der Waals surface area contributed by atoms with Gasteiger partial charge in [-0.05, 0) is 55.9 Å². The van der Waals surface area contributed by atoms with E-state index in [0.717, 1.165) is 37.6 Å². The van der Waals surface area contributed by atoms with Crippen LogP contribution in [0.1, 0.15) is 55.3 Å². The van der Waals surface area contributed by atoms with Crippen molar-refractivity contribution in [1.29, 1.82) is 0 Å². The zero-order valence-corrected chi connectivity index (χ0v) is 18.8. The van der Waals surface area contributed by atoms with Gasteiger partial charge >= 0.3 is 0 Å². The summed E-state index contributed by atoms with van der Waals surface area (Å²) in [5.41, 5.74) is 1.24. The van der Waals surface area contributed by atoms with Crippen molar-refractivity contribution in [2.24, 2.45) is 10.9 Å². The molecule has 31 heavy (non-hydrogen) atoms. The van der Waals surface area contributed by atoms with E-state index in [1.807, 2.05) is 7.05 Å². The third kappa shape index (κ3) is 5.47. The lowest BCUT2D eigenvalue weighted by atomic mass is 10.1. The largest absolute Gasteiger partial charge is 0.351 e. The number of nitrogens with zero attached hydrogens (tertiary/aromatic N) is 3. The molecule has 1 aromatic carbocycles. The smallest absolute Gasteiger partial charge is 0.262 e. The lowest BCUT2D eigenvalue weighted by Crippen LogP contribution is -2.31. The zero-order valence-electron chi connectivity index (χ0n) is 18.0. The third-order valence-electron chi connectivity index (χ3n) is 6.25. The van der Waals surface area contributed by atoms with E-state index < -0.39 is 5.25 Å². The summed E-state index contributed by atoms with van der Waals surface area (Å²) in [7, 11) is 1.85. The molecule has 8 heteroatoms. The third-order valence-corrected chi connectivity index (χ3v) is 7.46. The van der Waals surface area contributed by atoms with Crippen molar-refractivity contribution in [2.45, 2.75) is 50.2 Å². The molecule has 0 aromatic heterocycles. The summed E-state index contributed by atoms with van der Waals surface area (Å²) >= 11 is 1.39. The summed E-state index contributed by atoms with van der Waals surface area (Å²) in [6.45, 7) is 2.66. The summed E-state index contributed by atoms with van der Waals surface area (Å²) in [6, 6.07) is 6.97. The predicted molar refractivity (Wildman–Crippen MR) is 123 cm³/mol. The fourth-order valence-electron chi connectivity index (χ4n) is 4.51. The number of amides is 3. The van der Waals surface area contributed by atoms with Gasteiger partial charge in [0.25, 0.3) is 11.8 Å². The second-order valence-electron chi connectivity index (χ2n) is 8.70. The first kappa shape index (κ1) is 21.9. The van der Waals surface area contributed by atoms with Gasteiger partial charge in [0.15, 0.2) is 5.17 Å². The fraction of sp³-hybridized carbons (Fsp3) is 0.565. The Kier molecular flexibility index (Phi) is 6.95. The SMILES string of the molecule is CN(CC1CCCC1)C(=O)c1ccc(NC(=O)CC2SC(N3CCCC3)=NC2=O)cc1. The molecule has 1 atom stereocenters. The molecule has 2 aliphatic heterocycles. The maximum Gasteiger partial charge on any atom is 0.262 e. The van der Waals surface area contributed by atoms with Crippen LogP contribution in [-0.4, -0.2) is 64.6 Å². The van der Waals surface area contributed by atoms with Gasteiger partial charge < -0.3 is 15.1 Å². The normalized spacial score (nSPS) is 21.5. The molecule has 1 N–H and O–H groups in total. The van der Waals surface area contributed by atoms with Crippen molar-refractivity contribution >= 4 is 40.3 Å². The van der Waals surface area contributed by atoms with Crippen LogP contribution in [0.3, 0.4) is 0 Å². The number of anilines is 1. The van der Waals surface area contributed by atoms with Crippen molar-refractivity contribution in [3.05, 3.63) is 29.8 Å². The monoisotopic (exact) mass is 442 g/mol. The average molecular weight is 443 g/mol. The van der Waals surface area contributed by atoms with E-state index in [0.29, 0.717) is 17.2 Å². The van der Waals surface area contributed by atoms with E-state index in [2.05, 4.69) is 15.2 Å². The number of carbonyl (C=O) groups excluding carboxylic acids is 3. The number of benzene rings is 1. The van der Waals surface area contributed by atoms with Gasteiger partial charge in [0.1, 0.15) is 5.25 Å². The van der Waals surface area contributed by atoms with Crippen LogP contribution in [0, 0.1) is 5.92 Å². The summed E-state index contributed by atoms with van der Waals surface area (Å²) < 4.78 is 0. The first-order valence-electron chi connectivity index (χ1n) is 11.2. The number of carbonyl (C=O) groups is 3. The van der Waals surface area contributed by atoms with Crippen LogP contribution >= 0.6 is 11.8 Å². The van der Waals surface area contributed by atoms with E-state index in [4.69, 9.17) is 0 Å². The Morgan fingerprint density at radius 1 is 1.13 bits per heavy atom. The second kappa shape index (κ2) is 9.85. The van der Waals surface area contributed by atoms with E-state index in [9.17, 15) is 14.4 Å². The highest BCUT2D eigenvalue weighted by Crippen LogP contribution is 2.29. The average Bonchev–Trinajstić information content (AvgIpc) is 3.51. The van der Waals surface area contributed by atoms with Gasteiger partial charge in [-0.2, -0.15) is 4.99 Å². The molecule has 0 radical (unpaired) electrons. The highest BCUT2D eigenvalue weighted by atomic mass is 32.2. The van der Waals surface area contributed by atoms with Gasteiger partial charge in [0.2, 0.25) is 5.91 Å². The Labute approximate surface area is 187 Å². The van der Waals surface area contributed by atoms with Crippen LogP contribution in [-0.2, 0) is 9.59 Å². The Morgan fingerprint density at radius 2 is 1.81 bits per heavy atom. The minimum Gasteiger partial charge on any atom is -0.351 e. The Morgan fingerprint density at radius 3 is 2.48 bits per heavy atom. The van der Waals surface area contributed by atoms with Crippen molar-refractivity contribution in [3.63, 3.8) is 0 Å². The molecule has 1 aromatic rings. The number of aliphatic imine (C=N–C) groups is 1. The maximum atomic E-state index is 12.7. The molecule has 0 spiro atoms. The van der Waals surface area contributed by atoms with Crippen molar-refractivity contribution < 1.29 is 14.4 Å². The van der Waals surface area contributed by atoms with E-state index in [1.54, 1.807) is 29.2 Å². The van der Waals surface area contributed by atoms with Crippen molar-refractivity contribution in [1.82, 2.24) is 9.80 Å². The molecule has 1 saturated carbocycles. The van der Waals surface area contributed by atoms with Crippen LogP contribution in [0.15, 0.2) is 29.3 Å². The Hall–Kier alpha value is -2.35. The minimum atomic E-state index is -0.458. The predicted octanol–water partition coefficient (Wildman–Crippen LogP) is 3.37. The molecule has 1 aliphatic carbocycles. The summed E-state index contributed by atoms with van der Waals surface area (Å²) in [4.78, 5) is 45.3. The molecule has 7 nitrogen and oxygen atoms in total. The first-order chi connectivity index (χ1) is 15.0. The van der Waals surface area contributed by atoms with Crippen molar-refractivity contribution in [2.75, 3.05) is 32.0 Å². The maximum absolute atomic E-state index is 12.7. The number of nitrogens with one attached hydrogen (secondary N) is 1. The molecule has 2 heterocycles. The topological polar surface area (TPSA) is 82.1 Å². The van der Waals surface area contributed by atoms with Gasteiger partial charge in [-0.3, -0.25) is 14.4 Å². The number of likely N-dealkylation sites (tertiary alicyclic amines) is 1. The summed E-state index contributed by atoms with van der Waals surface area (Å²) in [6.07, 6.45) is 7.26. The lowest BCUT2D eigenvalue weighted by Gasteiger charge is -2.21. The molecule has 4 rings (SSSR count). The number of hydrogen-bond acceptors (Lipinski definition) is 5. The van der Waals surface area contributed by atoms with Gasteiger partial charge in [-0.1, -0.05) is 24.6 Å². The molecule has 3 aliphatic rings. The molecule has 3 amide bonds. The molecule has 0 bridgehead atoms. The number of thioether (sulfide) groups is 1. The van der Waals surface area contributed by atoms with Gasteiger partial charge in [0, 0.05) is 44.4 Å². The Bertz CT molecular complexity index is 858. The van der Waals surface area contributed by atoms with Crippen molar-refractivity contribution in [3.8, 4) is 0 Å². The second-order valence-corrected chi connectivity index (χ2v) is 9.87. The minimum absolute atomic E-state index is 0.00400. The summed E-state index contributed by atoms with van der Waals surface area (Å²) in [5.74, 6) is 0.164. The van der Waals surface area contributed by atoms with Gasteiger partial charge in [0.05, 0.1) is 0 Å². The number of rotatable bonds is 6. The van der Waals surface area contributed by atoms with E-state index in [-0.39, 0.29) is 24.1 Å². The highest BCUT2D eigenvalue weighted by molar-refractivity contribution is 8.15. The molecule has 2 fully saturated rings. The van der Waals surface area contributed by atoms with E-state index in [1.165, 1.54) is 37.4 Å². The zero-order chi connectivity index (χ0) is 21.8. The van der Waals surface area contributed by atoms with Gasteiger partial charge in [-0.25, -0.2) is 0 Å². The van der Waals surface area contributed by atoms with Crippen LogP contribution in [0.2, 0.25) is 0 Å². The van der Waals surface area contributed by atoms with Crippen LogP contribution in [0.5, 0.6) is 0 Å². The number of hydrogen-bond donors (Lipinski definition) is 1. The quantitative estimate of drug-likeness (QED) is 0.730. The van der Waals surface area contributed by atoms with Gasteiger partial charge in [-0.15, -0.1) is 0 Å². The molecular weight excluding hydrogens is 412 g/mol. The van der Waals surface area contributed by atoms with Crippen LogP contribution in [0.4, 0.5) is 5.69 Å². The lowest BCUT2D eigenvalue weighted by molar-refractivity contribution is -0.121. The van der Waals surface area contributed by atoms with Crippen LogP contribution in [0.25, 0.3) is 0 Å². The standard InChI is InChI=1S/C23H30N4O3S/c1-26(15-16-6-2-3-7-16)22(30)17-8-10-18(11-9-17)24-20(28)14-19-21(29)25-23(31-19)27-12-4-5-13-27/h8-11,16,19H,2-7,12-15H2,1H3,(H,24,28). The summed E-state index contributed by atoms with van der Waals surface area (Å²) in [5, 5.41) is 3.13. The molecule has 166 valence electrons. The fourth-order valence-corrected chi connectivity index (χ4v) is 5.63. The molecule has 1 saturated heterocycles.